The van der Waals surface area contributed by atoms with E-state index in [4.69, 9.17) is 4.74 Å². The zero-order valence-electron chi connectivity index (χ0n) is 12.5. The van der Waals surface area contributed by atoms with Crippen molar-refractivity contribution < 1.29 is 9.53 Å². The van der Waals surface area contributed by atoms with Gasteiger partial charge in [0, 0.05) is 32.7 Å². The standard InChI is InChI=1S/C16H26N2O2/c1-14(8-9-15-6-4-3-5-7-15)17-11-10-16(19)18-12-13-20-2/h3-7,14,17H,8-13H2,1-2H3,(H,18,19). The van der Waals surface area contributed by atoms with Gasteiger partial charge in [-0.15, -0.1) is 0 Å². The minimum absolute atomic E-state index is 0.0739. The van der Waals surface area contributed by atoms with E-state index in [1.54, 1.807) is 7.11 Å². The van der Waals surface area contributed by atoms with Crippen LogP contribution in [-0.4, -0.2) is 38.8 Å². The summed E-state index contributed by atoms with van der Waals surface area (Å²) in [5, 5.41) is 6.19. The molecule has 0 saturated heterocycles. The van der Waals surface area contributed by atoms with E-state index < -0.39 is 0 Å². The average molecular weight is 278 g/mol. The SMILES string of the molecule is COCCNC(=O)CCNC(C)CCc1ccccc1. The molecule has 1 rings (SSSR count). The number of hydrogen-bond acceptors (Lipinski definition) is 3. The Kier molecular flexibility index (Phi) is 8.67. The van der Waals surface area contributed by atoms with Crippen LogP contribution in [0.15, 0.2) is 30.3 Å². The summed E-state index contributed by atoms with van der Waals surface area (Å²) in [5.41, 5.74) is 1.36. The van der Waals surface area contributed by atoms with Crippen molar-refractivity contribution in [2.75, 3.05) is 26.8 Å². The molecule has 4 heteroatoms. The normalized spacial score (nSPS) is 12.1. The minimum atomic E-state index is 0.0739. The summed E-state index contributed by atoms with van der Waals surface area (Å²) in [6, 6.07) is 10.9. The van der Waals surface area contributed by atoms with Gasteiger partial charge in [-0.3, -0.25) is 4.79 Å². The fourth-order valence-corrected chi connectivity index (χ4v) is 1.94. The highest BCUT2D eigenvalue weighted by atomic mass is 16.5. The lowest BCUT2D eigenvalue weighted by Gasteiger charge is -2.13. The molecule has 1 atom stereocenters. The van der Waals surface area contributed by atoms with Crippen molar-refractivity contribution in [3.8, 4) is 0 Å². The zero-order chi connectivity index (χ0) is 14.6. The first-order chi connectivity index (χ1) is 9.72. The molecule has 0 bridgehead atoms. The van der Waals surface area contributed by atoms with Crippen LogP contribution in [-0.2, 0) is 16.0 Å². The predicted octanol–water partition coefficient (Wildman–Crippen LogP) is 1.75. The molecule has 112 valence electrons. The summed E-state index contributed by atoms with van der Waals surface area (Å²) in [7, 11) is 1.63. The lowest BCUT2D eigenvalue weighted by Crippen LogP contribution is -2.33. The topological polar surface area (TPSA) is 50.4 Å². The zero-order valence-corrected chi connectivity index (χ0v) is 12.5. The fraction of sp³-hybridized carbons (Fsp3) is 0.562. The maximum Gasteiger partial charge on any atom is 0.221 e. The molecule has 0 radical (unpaired) electrons. The second kappa shape index (κ2) is 10.4. The predicted molar refractivity (Wildman–Crippen MR) is 81.7 cm³/mol. The summed E-state index contributed by atoms with van der Waals surface area (Å²) in [5.74, 6) is 0.0739. The molecule has 1 amide bonds. The van der Waals surface area contributed by atoms with Crippen molar-refractivity contribution in [2.45, 2.75) is 32.2 Å². The van der Waals surface area contributed by atoms with Crippen LogP contribution in [0.5, 0.6) is 0 Å². The first-order valence-corrected chi connectivity index (χ1v) is 7.25. The maximum absolute atomic E-state index is 11.5. The molecule has 1 aromatic rings. The van der Waals surface area contributed by atoms with Crippen LogP contribution in [0.2, 0.25) is 0 Å². The van der Waals surface area contributed by atoms with Gasteiger partial charge in [0.2, 0.25) is 5.91 Å². The molecule has 0 aliphatic rings. The van der Waals surface area contributed by atoms with Gasteiger partial charge in [-0.25, -0.2) is 0 Å². The van der Waals surface area contributed by atoms with Crippen molar-refractivity contribution in [1.82, 2.24) is 10.6 Å². The van der Waals surface area contributed by atoms with Gasteiger partial charge in [0.25, 0.3) is 0 Å². The highest BCUT2D eigenvalue weighted by molar-refractivity contribution is 5.76. The van der Waals surface area contributed by atoms with Gasteiger partial charge in [-0.2, -0.15) is 0 Å². The molecule has 0 saturated carbocycles. The molecule has 0 heterocycles. The minimum Gasteiger partial charge on any atom is -0.383 e. The Morgan fingerprint density at radius 1 is 1.25 bits per heavy atom. The van der Waals surface area contributed by atoms with Crippen molar-refractivity contribution in [3.63, 3.8) is 0 Å². The third-order valence-corrected chi connectivity index (χ3v) is 3.18. The van der Waals surface area contributed by atoms with E-state index in [0.717, 1.165) is 19.4 Å². The van der Waals surface area contributed by atoms with E-state index in [0.29, 0.717) is 25.6 Å². The lowest BCUT2D eigenvalue weighted by molar-refractivity contribution is -0.121. The van der Waals surface area contributed by atoms with Crippen LogP contribution in [0.1, 0.15) is 25.3 Å². The first kappa shape index (κ1) is 16.7. The number of ether oxygens (including phenoxy) is 1. The van der Waals surface area contributed by atoms with E-state index in [1.165, 1.54) is 5.56 Å². The highest BCUT2D eigenvalue weighted by Crippen LogP contribution is 2.04. The van der Waals surface area contributed by atoms with Crippen LogP contribution >= 0.6 is 0 Å². The third-order valence-electron chi connectivity index (χ3n) is 3.18. The van der Waals surface area contributed by atoms with Gasteiger partial charge in [-0.05, 0) is 25.3 Å². The Morgan fingerprint density at radius 2 is 2.00 bits per heavy atom. The number of amides is 1. The van der Waals surface area contributed by atoms with Crippen LogP contribution in [0, 0.1) is 0 Å². The van der Waals surface area contributed by atoms with Crippen molar-refractivity contribution >= 4 is 5.91 Å². The van der Waals surface area contributed by atoms with Gasteiger partial charge in [0.05, 0.1) is 6.61 Å². The van der Waals surface area contributed by atoms with E-state index in [2.05, 4.69) is 41.8 Å². The van der Waals surface area contributed by atoms with Gasteiger partial charge in [0.1, 0.15) is 0 Å². The molecule has 1 unspecified atom stereocenters. The summed E-state index contributed by atoms with van der Waals surface area (Å²) in [4.78, 5) is 11.5. The molecule has 0 spiro atoms. The Labute approximate surface area is 121 Å². The quantitative estimate of drug-likeness (QED) is 0.641. The summed E-state index contributed by atoms with van der Waals surface area (Å²) < 4.78 is 4.88. The average Bonchev–Trinajstić information content (AvgIpc) is 2.46. The maximum atomic E-state index is 11.5. The first-order valence-electron chi connectivity index (χ1n) is 7.25. The van der Waals surface area contributed by atoms with Crippen LogP contribution in [0.25, 0.3) is 0 Å². The van der Waals surface area contributed by atoms with E-state index in [-0.39, 0.29) is 5.91 Å². The van der Waals surface area contributed by atoms with Gasteiger partial charge >= 0.3 is 0 Å². The summed E-state index contributed by atoms with van der Waals surface area (Å²) in [6.45, 7) is 4.02. The number of carbonyl (C=O) groups excluding carboxylic acids is 1. The number of methoxy groups -OCH3 is 1. The molecule has 2 N–H and O–H groups in total. The molecular formula is C16H26N2O2. The van der Waals surface area contributed by atoms with Gasteiger partial charge in [0.15, 0.2) is 0 Å². The van der Waals surface area contributed by atoms with Gasteiger partial charge < -0.3 is 15.4 Å². The monoisotopic (exact) mass is 278 g/mol. The molecule has 1 aromatic carbocycles. The van der Waals surface area contributed by atoms with Crippen molar-refractivity contribution in [2.24, 2.45) is 0 Å². The van der Waals surface area contributed by atoms with Crippen molar-refractivity contribution in [1.29, 1.82) is 0 Å². The highest BCUT2D eigenvalue weighted by Gasteiger charge is 2.04. The van der Waals surface area contributed by atoms with Crippen LogP contribution in [0.4, 0.5) is 0 Å². The second-order valence-corrected chi connectivity index (χ2v) is 4.97. The molecular weight excluding hydrogens is 252 g/mol. The number of aryl methyl sites for hydroxylation is 1. The number of hydrogen-bond donors (Lipinski definition) is 2. The fourth-order valence-electron chi connectivity index (χ4n) is 1.94. The molecule has 0 aromatic heterocycles. The molecule has 0 fully saturated rings. The van der Waals surface area contributed by atoms with E-state index in [9.17, 15) is 4.79 Å². The Bertz CT molecular complexity index is 368. The van der Waals surface area contributed by atoms with E-state index >= 15 is 0 Å². The molecule has 0 aliphatic heterocycles. The number of benzene rings is 1. The Hall–Kier alpha value is -1.39. The second-order valence-electron chi connectivity index (χ2n) is 4.97. The smallest absolute Gasteiger partial charge is 0.221 e. The lowest BCUT2D eigenvalue weighted by atomic mass is 10.1. The largest absolute Gasteiger partial charge is 0.383 e. The summed E-state index contributed by atoms with van der Waals surface area (Å²) >= 11 is 0. The molecule has 4 nitrogen and oxygen atoms in total. The third kappa shape index (κ3) is 7.92. The number of nitrogens with one attached hydrogen (secondary N) is 2. The van der Waals surface area contributed by atoms with E-state index in [1.807, 2.05) is 6.07 Å². The van der Waals surface area contributed by atoms with Crippen LogP contribution < -0.4 is 10.6 Å². The molecule has 20 heavy (non-hydrogen) atoms. The Morgan fingerprint density at radius 3 is 2.70 bits per heavy atom. The van der Waals surface area contributed by atoms with Crippen LogP contribution in [0.3, 0.4) is 0 Å². The van der Waals surface area contributed by atoms with Gasteiger partial charge in [-0.1, -0.05) is 30.3 Å². The van der Waals surface area contributed by atoms with Crippen molar-refractivity contribution in [3.05, 3.63) is 35.9 Å². The molecule has 0 aliphatic carbocycles. The number of rotatable bonds is 10. The summed E-state index contributed by atoms with van der Waals surface area (Å²) in [6.07, 6.45) is 2.66. The Balaban J connectivity index is 2.05. The number of carbonyl (C=O) groups is 1.